The maximum Gasteiger partial charge on any atom is 0.242 e. The Hall–Kier alpha value is -1.06. The molecule has 2 saturated carbocycles. The second kappa shape index (κ2) is 5.14. The smallest absolute Gasteiger partial charge is 0.242 e. The minimum Gasteiger partial charge on any atom is -0.357 e. The Morgan fingerprint density at radius 2 is 1.63 bits per heavy atom. The molecule has 0 heterocycles. The summed E-state index contributed by atoms with van der Waals surface area (Å²) >= 11 is 0. The number of carbonyl (C=O) groups excluding carboxylic acids is 2. The molecule has 2 amide bonds. The number of rotatable bonds is 3. The van der Waals surface area contributed by atoms with E-state index in [1.807, 2.05) is 20.8 Å². The predicted octanol–water partition coefficient (Wildman–Crippen LogP) is 1.70. The van der Waals surface area contributed by atoms with Crippen molar-refractivity contribution < 1.29 is 9.59 Å². The van der Waals surface area contributed by atoms with Crippen LogP contribution in [-0.2, 0) is 9.59 Å². The highest BCUT2D eigenvalue weighted by molar-refractivity contribution is 5.90. The van der Waals surface area contributed by atoms with E-state index in [1.54, 1.807) is 7.05 Å². The van der Waals surface area contributed by atoms with Gasteiger partial charge < -0.3 is 10.6 Å². The summed E-state index contributed by atoms with van der Waals surface area (Å²) in [4.78, 5) is 24.3. The summed E-state index contributed by atoms with van der Waals surface area (Å²) in [5, 5.41) is 5.62. The van der Waals surface area contributed by atoms with Crippen molar-refractivity contribution in [1.29, 1.82) is 0 Å². The highest BCUT2D eigenvalue weighted by atomic mass is 16.2. The van der Waals surface area contributed by atoms with Crippen LogP contribution in [0.25, 0.3) is 0 Å². The molecule has 0 aromatic carbocycles. The molecular formula is C15H26N2O2. The molecule has 0 spiro atoms. The van der Waals surface area contributed by atoms with Crippen LogP contribution in [0.15, 0.2) is 0 Å². The van der Waals surface area contributed by atoms with E-state index in [0.717, 1.165) is 0 Å². The molecule has 0 saturated heterocycles. The SMILES string of the molecule is CNC(=O)C(NC(=O)C1C2CCCCC21)C(C)(C)C. The fraction of sp³-hybridized carbons (Fsp3) is 0.867. The number of hydrogen-bond acceptors (Lipinski definition) is 2. The van der Waals surface area contributed by atoms with Crippen LogP contribution in [0.1, 0.15) is 46.5 Å². The van der Waals surface area contributed by atoms with E-state index in [9.17, 15) is 9.59 Å². The molecule has 4 nitrogen and oxygen atoms in total. The highest BCUT2D eigenvalue weighted by Crippen LogP contribution is 2.55. The molecule has 4 heteroatoms. The quantitative estimate of drug-likeness (QED) is 0.817. The van der Waals surface area contributed by atoms with Crippen LogP contribution in [-0.4, -0.2) is 24.9 Å². The lowest BCUT2D eigenvalue weighted by Gasteiger charge is -2.30. The second-order valence-electron chi connectivity index (χ2n) is 7.06. The Morgan fingerprint density at radius 3 is 2.05 bits per heavy atom. The molecule has 0 aromatic heterocycles. The minimum absolute atomic E-state index is 0.0837. The summed E-state index contributed by atoms with van der Waals surface area (Å²) in [6.07, 6.45) is 4.87. The van der Waals surface area contributed by atoms with Crippen molar-refractivity contribution in [2.75, 3.05) is 7.05 Å². The van der Waals surface area contributed by atoms with Gasteiger partial charge in [0, 0.05) is 13.0 Å². The summed E-state index contributed by atoms with van der Waals surface area (Å²) in [5.41, 5.74) is -0.268. The molecule has 19 heavy (non-hydrogen) atoms. The van der Waals surface area contributed by atoms with Crippen LogP contribution in [0.5, 0.6) is 0 Å². The summed E-state index contributed by atoms with van der Waals surface area (Å²) in [6.45, 7) is 5.94. The van der Waals surface area contributed by atoms with Crippen LogP contribution < -0.4 is 10.6 Å². The average Bonchev–Trinajstić information content (AvgIpc) is 3.07. The van der Waals surface area contributed by atoms with Crippen molar-refractivity contribution in [3.05, 3.63) is 0 Å². The molecule has 0 aromatic rings. The van der Waals surface area contributed by atoms with E-state index in [4.69, 9.17) is 0 Å². The van der Waals surface area contributed by atoms with Crippen LogP contribution in [0, 0.1) is 23.2 Å². The fourth-order valence-electron chi connectivity index (χ4n) is 3.44. The number of nitrogens with one attached hydrogen (secondary N) is 2. The van der Waals surface area contributed by atoms with Crippen molar-refractivity contribution in [1.82, 2.24) is 10.6 Å². The number of hydrogen-bond donors (Lipinski definition) is 2. The molecule has 2 aliphatic carbocycles. The van der Waals surface area contributed by atoms with Crippen molar-refractivity contribution in [2.24, 2.45) is 23.2 Å². The zero-order chi connectivity index (χ0) is 14.2. The van der Waals surface area contributed by atoms with Gasteiger partial charge in [-0.3, -0.25) is 9.59 Å². The molecule has 2 N–H and O–H groups in total. The van der Waals surface area contributed by atoms with Gasteiger partial charge in [-0.25, -0.2) is 0 Å². The maximum atomic E-state index is 12.4. The van der Waals surface area contributed by atoms with Gasteiger partial charge in [0.25, 0.3) is 0 Å². The average molecular weight is 266 g/mol. The third kappa shape index (κ3) is 2.93. The van der Waals surface area contributed by atoms with Gasteiger partial charge in [-0.15, -0.1) is 0 Å². The zero-order valence-electron chi connectivity index (χ0n) is 12.5. The standard InChI is InChI=1S/C15H26N2O2/c1-15(2,3)12(14(19)16-4)17-13(18)11-9-7-5-6-8-10(9)11/h9-12H,5-8H2,1-4H3,(H,16,19)(H,17,18). The zero-order valence-corrected chi connectivity index (χ0v) is 12.5. The third-order valence-corrected chi connectivity index (χ3v) is 4.62. The summed E-state index contributed by atoms with van der Waals surface area (Å²) in [5.74, 6) is 1.31. The maximum absolute atomic E-state index is 12.4. The Morgan fingerprint density at radius 1 is 1.11 bits per heavy atom. The van der Waals surface area contributed by atoms with Gasteiger partial charge in [-0.05, 0) is 30.1 Å². The largest absolute Gasteiger partial charge is 0.357 e. The van der Waals surface area contributed by atoms with Crippen molar-refractivity contribution >= 4 is 11.8 Å². The van der Waals surface area contributed by atoms with E-state index >= 15 is 0 Å². The lowest BCUT2D eigenvalue weighted by atomic mass is 9.86. The van der Waals surface area contributed by atoms with Crippen LogP contribution in [0.4, 0.5) is 0 Å². The van der Waals surface area contributed by atoms with Gasteiger partial charge in [-0.2, -0.15) is 0 Å². The Balaban J connectivity index is 1.98. The lowest BCUT2D eigenvalue weighted by Crippen LogP contribution is -2.53. The highest BCUT2D eigenvalue weighted by Gasteiger charge is 2.55. The first kappa shape index (κ1) is 14.4. The number of fused-ring (bicyclic) bond motifs is 1. The van der Waals surface area contributed by atoms with Crippen molar-refractivity contribution in [3.8, 4) is 0 Å². The number of likely N-dealkylation sites (N-methyl/N-ethyl adjacent to an activating group) is 1. The van der Waals surface area contributed by atoms with Crippen LogP contribution >= 0.6 is 0 Å². The molecule has 2 rings (SSSR count). The van der Waals surface area contributed by atoms with E-state index < -0.39 is 6.04 Å². The van der Waals surface area contributed by atoms with E-state index in [0.29, 0.717) is 11.8 Å². The van der Waals surface area contributed by atoms with E-state index in [-0.39, 0.29) is 23.1 Å². The first-order chi connectivity index (χ1) is 8.86. The monoisotopic (exact) mass is 266 g/mol. The summed E-state index contributed by atoms with van der Waals surface area (Å²) in [6, 6.07) is -0.451. The fourth-order valence-corrected chi connectivity index (χ4v) is 3.44. The molecule has 0 aliphatic heterocycles. The number of carbonyl (C=O) groups is 2. The van der Waals surface area contributed by atoms with Crippen molar-refractivity contribution in [2.45, 2.75) is 52.5 Å². The van der Waals surface area contributed by atoms with Crippen LogP contribution in [0.3, 0.4) is 0 Å². The van der Waals surface area contributed by atoms with Gasteiger partial charge in [0.15, 0.2) is 0 Å². The third-order valence-electron chi connectivity index (χ3n) is 4.62. The van der Waals surface area contributed by atoms with Gasteiger partial charge in [0.1, 0.15) is 6.04 Å². The van der Waals surface area contributed by atoms with Gasteiger partial charge in [0.2, 0.25) is 11.8 Å². The topological polar surface area (TPSA) is 58.2 Å². The molecule has 108 valence electrons. The minimum atomic E-state index is -0.451. The Kier molecular flexibility index (Phi) is 3.88. The summed E-state index contributed by atoms with van der Waals surface area (Å²) in [7, 11) is 1.62. The lowest BCUT2D eigenvalue weighted by molar-refractivity contribution is -0.132. The Bertz CT molecular complexity index is 361. The first-order valence-corrected chi connectivity index (χ1v) is 7.38. The molecular weight excluding hydrogens is 240 g/mol. The van der Waals surface area contributed by atoms with Gasteiger partial charge >= 0.3 is 0 Å². The van der Waals surface area contributed by atoms with Crippen molar-refractivity contribution in [3.63, 3.8) is 0 Å². The second-order valence-corrected chi connectivity index (χ2v) is 7.06. The molecule has 0 bridgehead atoms. The first-order valence-electron chi connectivity index (χ1n) is 7.38. The number of amides is 2. The van der Waals surface area contributed by atoms with E-state index in [2.05, 4.69) is 10.6 Å². The Labute approximate surface area is 115 Å². The molecule has 0 radical (unpaired) electrons. The van der Waals surface area contributed by atoms with Gasteiger partial charge in [0.05, 0.1) is 0 Å². The molecule has 3 atom stereocenters. The predicted molar refractivity (Wildman–Crippen MR) is 74.4 cm³/mol. The van der Waals surface area contributed by atoms with Crippen LogP contribution in [0.2, 0.25) is 0 Å². The normalized spacial score (nSPS) is 31.1. The molecule has 3 unspecified atom stereocenters. The molecule has 2 aliphatic rings. The molecule has 2 fully saturated rings. The summed E-state index contributed by atoms with van der Waals surface area (Å²) < 4.78 is 0. The van der Waals surface area contributed by atoms with E-state index in [1.165, 1.54) is 25.7 Å². The van der Waals surface area contributed by atoms with Gasteiger partial charge in [-0.1, -0.05) is 33.6 Å².